The number of aromatic nitrogens is 4. The highest BCUT2D eigenvalue weighted by Crippen LogP contribution is 2.24. The molecule has 1 aromatic carbocycles. The van der Waals surface area contributed by atoms with Crippen LogP contribution < -0.4 is 16.5 Å². The molecule has 0 unspecified atom stereocenters. The number of hydrogen-bond acceptors (Lipinski definition) is 5. The Morgan fingerprint density at radius 3 is 2.77 bits per heavy atom. The highest BCUT2D eigenvalue weighted by atomic mass is 19.1. The van der Waals surface area contributed by atoms with Crippen molar-refractivity contribution in [1.82, 2.24) is 19.6 Å². The summed E-state index contributed by atoms with van der Waals surface area (Å²) in [5.74, 6) is 0.750. The Morgan fingerprint density at radius 2 is 2.00 bits per heavy atom. The summed E-state index contributed by atoms with van der Waals surface area (Å²) in [6.45, 7) is 0.489. The minimum atomic E-state index is -0.351. The molecule has 0 saturated carbocycles. The molecular weight excluding hydrogens is 330 g/mol. The zero-order valence-electron chi connectivity index (χ0n) is 13.7. The van der Waals surface area contributed by atoms with Gasteiger partial charge in [-0.15, -0.1) is 0 Å². The van der Waals surface area contributed by atoms with E-state index in [0.29, 0.717) is 40.5 Å². The number of fused-ring (bicyclic) bond motifs is 1. The largest absolute Gasteiger partial charge is 0.384 e. The molecule has 2 radical (unpaired) electrons. The normalized spacial score (nSPS) is 11.0. The SMILES string of the molecule is [B]c1cnn2c(NCc3ccc(N)nc3)cc(-c3ccccc3F)nc12. The lowest BCUT2D eigenvalue weighted by Crippen LogP contribution is -2.10. The summed E-state index contributed by atoms with van der Waals surface area (Å²) in [4.78, 5) is 8.53. The Hall–Kier alpha value is -3.42. The van der Waals surface area contributed by atoms with E-state index < -0.39 is 0 Å². The van der Waals surface area contributed by atoms with Crippen molar-refractivity contribution in [2.45, 2.75) is 6.54 Å². The predicted molar refractivity (Wildman–Crippen MR) is 99.7 cm³/mol. The number of nitrogens with one attached hydrogen (secondary N) is 1. The van der Waals surface area contributed by atoms with Crippen LogP contribution in [0.1, 0.15) is 5.56 Å². The summed E-state index contributed by atoms with van der Waals surface area (Å²) in [6, 6.07) is 11.8. The molecule has 6 nitrogen and oxygen atoms in total. The Morgan fingerprint density at radius 1 is 1.15 bits per heavy atom. The summed E-state index contributed by atoms with van der Waals surface area (Å²) >= 11 is 0. The first-order chi connectivity index (χ1) is 12.6. The van der Waals surface area contributed by atoms with E-state index in [1.807, 2.05) is 6.07 Å². The van der Waals surface area contributed by atoms with Crippen LogP contribution in [0.25, 0.3) is 16.9 Å². The molecule has 0 amide bonds. The van der Waals surface area contributed by atoms with Gasteiger partial charge in [-0.1, -0.05) is 18.2 Å². The monoisotopic (exact) mass is 344 g/mol. The Labute approximate surface area is 150 Å². The minimum Gasteiger partial charge on any atom is -0.384 e. The molecule has 3 N–H and O–H groups in total. The molecule has 3 heterocycles. The van der Waals surface area contributed by atoms with E-state index in [4.69, 9.17) is 13.6 Å². The lowest BCUT2D eigenvalue weighted by atomic mass is 10.0. The summed E-state index contributed by atoms with van der Waals surface area (Å²) in [7, 11) is 5.96. The van der Waals surface area contributed by atoms with Crippen LogP contribution in [0.2, 0.25) is 0 Å². The maximum Gasteiger partial charge on any atom is 0.150 e. The predicted octanol–water partition coefficient (Wildman–Crippen LogP) is 1.92. The standard InChI is InChI=1S/C18H14BFN6/c19-13-10-24-26-17(23-9-11-5-6-16(21)22-8-11)7-15(25-18(13)26)12-3-1-2-4-14(12)20/h1-8,10,23H,9H2,(H2,21,22). The molecule has 4 rings (SSSR count). The summed E-state index contributed by atoms with van der Waals surface area (Å²) in [5.41, 5.74) is 8.30. The van der Waals surface area contributed by atoms with Gasteiger partial charge in [-0.25, -0.2) is 14.4 Å². The van der Waals surface area contributed by atoms with E-state index in [1.54, 1.807) is 41.0 Å². The van der Waals surface area contributed by atoms with Gasteiger partial charge < -0.3 is 11.1 Å². The van der Waals surface area contributed by atoms with Gasteiger partial charge >= 0.3 is 0 Å². The van der Waals surface area contributed by atoms with Crippen molar-refractivity contribution < 1.29 is 4.39 Å². The van der Waals surface area contributed by atoms with Crippen LogP contribution in [0, 0.1) is 5.82 Å². The molecule has 0 aliphatic heterocycles. The average molecular weight is 344 g/mol. The minimum absolute atomic E-state index is 0.351. The number of benzene rings is 1. The van der Waals surface area contributed by atoms with Crippen LogP contribution in [0.5, 0.6) is 0 Å². The molecule has 0 atom stereocenters. The number of nitrogen functional groups attached to an aromatic ring is 1. The summed E-state index contributed by atoms with van der Waals surface area (Å²) < 4.78 is 15.8. The fourth-order valence-corrected chi connectivity index (χ4v) is 2.65. The third-order valence-electron chi connectivity index (χ3n) is 3.97. The van der Waals surface area contributed by atoms with Crippen molar-refractivity contribution in [3.63, 3.8) is 0 Å². The average Bonchev–Trinajstić information content (AvgIpc) is 3.02. The topological polar surface area (TPSA) is 81.1 Å². The van der Waals surface area contributed by atoms with Crippen LogP contribution in [0.15, 0.2) is 54.9 Å². The summed E-state index contributed by atoms with van der Waals surface area (Å²) in [6.07, 6.45) is 3.21. The molecule has 3 aromatic heterocycles. The van der Waals surface area contributed by atoms with Crippen LogP contribution in [-0.4, -0.2) is 27.4 Å². The van der Waals surface area contributed by atoms with Crippen molar-refractivity contribution >= 4 is 30.6 Å². The van der Waals surface area contributed by atoms with Crippen molar-refractivity contribution in [2.75, 3.05) is 11.1 Å². The van der Waals surface area contributed by atoms with Gasteiger partial charge in [-0.3, -0.25) is 0 Å². The van der Waals surface area contributed by atoms with Crippen molar-refractivity contribution in [2.24, 2.45) is 0 Å². The van der Waals surface area contributed by atoms with E-state index in [2.05, 4.69) is 20.4 Å². The molecule has 0 aliphatic carbocycles. The number of nitrogens with two attached hydrogens (primary N) is 1. The van der Waals surface area contributed by atoms with Crippen LogP contribution in [-0.2, 0) is 6.54 Å². The maximum absolute atomic E-state index is 14.2. The lowest BCUT2D eigenvalue weighted by Gasteiger charge is -2.11. The molecule has 0 fully saturated rings. The molecule has 26 heavy (non-hydrogen) atoms. The molecule has 126 valence electrons. The van der Waals surface area contributed by atoms with Crippen LogP contribution in [0.3, 0.4) is 0 Å². The number of pyridine rings is 1. The second-order valence-electron chi connectivity index (χ2n) is 5.79. The third kappa shape index (κ3) is 2.97. The fraction of sp³-hybridized carbons (Fsp3) is 0.0556. The van der Waals surface area contributed by atoms with E-state index in [9.17, 15) is 4.39 Å². The van der Waals surface area contributed by atoms with Gasteiger partial charge in [0.1, 0.15) is 25.3 Å². The zero-order chi connectivity index (χ0) is 18.1. The second kappa shape index (κ2) is 6.47. The van der Waals surface area contributed by atoms with Gasteiger partial charge in [0.25, 0.3) is 0 Å². The molecule has 4 aromatic rings. The zero-order valence-corrected chi connectivity index (χ0v) is 13.7. The second-order valence-corrected chi connectivity index (χ2v) is 5.79. The van der Waals surface area contributed by atoms with Gasteiger partial charge in [0, 0.05) is 30.6 Å². The maximum atomic E-state index is 14.2. The van der Waals surface area contributed by atoms with E-state index >= 15 is 0 Å². The van der Waals surface area contributed by atoms with E-state index in [1.165, 1.54) is 12.3 Å². The van der Waals surface area contributed by atoms with Crippen molar-refractivity contribution in [1.29, 1.82) is 0 Å². The quantitative estimate of drug-likeness (QED) is 0.553. The molecule has 0 spiro atoms. The highest BCUT2D eigenvalue weighted by molar-refractivity contribution is 6.36. The van der Waals surface area contributed by atoms with E-state index in [0.717, 1.165) is 5.56 Å². The number of anilines is 2. The van der Waals surface area contributed by atoms with Crippen LogP contribution in [0.4, 0.5) is 16.0 Å². The summed E-state index contributed by atoms with van der Waals surface area (Å²) in [5, 5.41) is 7.51. The molecule has 0 aliphatic rings. The number of nitrogens with zero attached hydrogens (tertiary/aromatic N) is 4. The van der Waals surface area contributed by atoms with Gasteiger partial charge in [-0.2, -0.15) is 9.61 Å². The van der Waals surface area contributed by atoms with E-state index in [-0.39, 0.29) is 5.82 Å². The van der Waals surface area contributed by atoms with Gasteiger partial charge in [0.2, 0.25) is 0 Å². The molecular formula is C18H14BFN6. The smallest absolute Gasteiger partial charge is 0.150 e. The number of halogens is 1. The Balaban J connectivity index is 1.75. The number of hydrogen-bond donors (Lipinski definition) is 2. The Bertz CT molecular complexity index is 1080. The molecule has 8 heteroatoms. The Kier molecular flexibility index (Phi) is 4.00. The van der Waals surface area contributed by atoms with Gasteiger partial charge in [0.15, 0.2) is 5.65 Å². The lowest BCUT2D eigenvalue weighted by molar-refractivity contribution is 0.630. The molecule has 0 saturated heterocycles. The first kappa shape index (κ1) is 16.1. The van der Waals surface area contributed by atoms with Gasteiger partial charge in [-0.05, 0) is 29.2 Å². The van der Waals surface area contributed by atoms with Crippen LogP contribution >= 0.6 is 0 Å². The van der Waals surface area contributed by atoms with Crippen molar-refractivity contribution in [3.05, 3.63) is 66.2 Å². The first-order valence-corrected chi connectivity index (χ1v) is 7.95. The van der Waals surface area contributed by atoms with Gasteiger partial charge in [0.05, 0.1) is 5.69 Å². The van der Waals surface area contributed by atoms with Crippen molar-refractivity contribution in [3.8, 4) is 11.3 Å². The highest BCUT2D eigenvalue weighted by Gasteiger charge is 2.13. The molecule has 0 bridgehead atoms. The fourth-order valence-electron chi connectivity index (χ4n) is 2.65. The third-order valence-corrected chi connectivity index (χ3v) is 3.97. The first-order valence-electron chi connectivity index (χ1n) is 7.95. The number of rotatable bonds is 4.